The minimum Gasteiger partial charge on any atom is -0.127 e. The van der Waals surface area contributed by atoms with E-state index >= 15 is 0 Å². The van der Waals surface area contributed by atoms with Crippen molar-refractivity contribution in [1.82, 2.24) is 0 Å². The first-order valence-corrected chi connectivity index (χ1v) is 23.0. The standard InChI is InChI=1S/C20H36Si4/c1-21(2,3)15-13-17-19(23(7,8)9)18(14-16-22(4,5)6)20(17)24(10,11)12/h1-12H3. The van der Waals surface area contributed by atoms with Crippen LogP contribution in [0.5, 0.6) is 0 Å². The molecule has 1 aliphatic carbocycles. The molecule has 0 bridgehead atoms. The first-order chi connectivity index (χ1) is 10.4. The monoisotopic (exact) mass is 388 g/mol. The van der Waals surface area contributed by atoms with Crippen LogP contribution in [0.3, 0.4) is 0 Å². The van der Waals surface area contributed by atoms with Crippen molar-refractivity contribution in [2.45, 2.75) is 78.6 Å². The molecule has 0 fully saturated rings. The van der Waals surface area contributed by atoms with E-state index in [1.54, 1.807) is 10.4 Å². The molecule has 0 nitrogen and oxygen atoms in total. The summed E-state index contributed by atoms with van der Waals surface area (Å²) in [6.45, 7) is 28.6. The Labute approximate surface area is 155 Å². The molecule has 0 aliphatic heterocycles. The van der Waals surface area contributed by atoms with Crippen molar-refractivity contribution in [3.8, 4) is 22.9 Å². The third-order valence-electron chi connectivity index (χ3n) is 3.62. The van der Waals surface area contributed by atoms with Crippen LogP contribution in [0.1, 0.15) is 0 Å². The topological polar surface area (TPSA) is 0 Å². The maximum absolute atomic E-state index is 3.65. The Morgan fingerprint density at radius 2 is 0.708 bits per heavy atom. The predicted octanol–water partition coefficient (Wildman–Crippen LogP) is 6.11. The summed E-state index contributed by atoms with van der Waals surface area (Å²) in [7, 11) is -5.62. The second kappa shape index (κ2) is 6.65. The fourth-order valence-electron chi connectivity index (χ4n) is 2.69. The second-order valence-corrected chi connectivity index (χ2v) is 30.5. The fraction of sp³-hybridized carbons (Fsp3) is 0.600. The van der Waals surface area contributed by atoms with Gasteiger partial charge >= 0.3 is 0 Å². The zero-order valence-corrected chi connectivity index (χ0v) is 22.0. The Balaban J connectivity index is 3.60. The van der Waals surface area contributed by atoms with Gasteiger partial charge in [0.25, 0.3) is 0 Å². The normalized spacial score (nSPS) is 16.2. The van der Waals surface area contributed by atoms with Gasteiger partial charge in [0.15, 0.2) is 0 Å². The van der Waals surface area contributed by atoms with Crippen LogP contribution in [0.4, 0.5) is 0 Å². The lowest BCUT2D eigenvalue weighted by Crippen LogP contribution is -2.40. The van der Waals surface area contributed by atoms with Crippen LogP contribution < -0.4 is 0 Å². The molecule has 1 aliphatic rings. The van der Waals surface area contributed by atoms with Gasteiger partial charge in [-0.1, -0.05) is 90.4 Å². The quantitative estimate of drug-likeness (QED) is 0.395. The van der Waals surface area contributed by atoms with Crippen LogP contribution in [-0.2, 0) is 0 Å². The van der Waals surface area contributed by atoms with Gasteiger partial charge in [0.05, 0.1) is 16.1 Å². The van der Waals surface area contributed by atoms with Gasteiger partial charge in [-0.15, -0.1) is 11.1 Å². The van der Waals surface area contributed by atoms with Crippen molar-refractivity contribution >= 4 is 32.3 Å². The highest BCUT2D eigenvalue weighted by Crippen LogP contribution is 2.44. The summed E-state index contributed by atoms with van der Waals surface area (Å²) in [5, 5.41) is 3.10. The SMILES string of the molecule is C[Si](C)(C)C#CC1=C([Si](C)(C)C)C(C#C[Si](C)(C)C)=C1[Si](C)(C)C. The highest BCUT2D eigenvalue weighted by Gasteiger charge is 2.41. The highest BCUT2D eigenvalue weighted by atomic mass is 28.3. The number of rotatable bonds is 2. The lowest BCUT2D eigenvalue weighted by atomic mass is 9.99. The van der Waals surface area contributed by atoms with Crippen molar-refractivity contribution in [3.05, 3.63) is 21.5 Å². The molecule has 0 unspecified atom stereocenters. The van der Waals surface area contributed by atoms with Crippen LogP contribution in [0.25, 0.3) is 0 Å². The maximum atomic E-state index is 3.65. The lowest BCUT2D eigenvalue weighted by molar-refractivity contribution is 1.36. The molecular weight excluding hydrogens is 353 g/mol. The molecule has 0 aromatic carbocycles. The van der Waals surface area contributed by atoms with Gasteiger partial charge in [0, 0.05) is 11.1 Å². The van der Waals surface area contributed by atoms with E-state index in [-0.39, 0.29) is 0 Å². The third-order valence-corrected chi connectivity index (χ3v) is 9.38. The van der Waals surface area contributed by atoms with Gasteiger partial charge in [0.2, 0.25) is 0 Å². The van der Waals surface area contributed by atoms with Crippen molar-refractivity contribution in [2.24, 2.45) is 0 Å². The largest absolute Gasteiger partial charge is 0.129 e. The van der Waals surface area contributed by atoms with Gasteiger partial charge in [-0.05, 0) is 10.4 Å². The summed E-state index contributed by atoms with van der Waals surface area (Å²) in [6, 6.07) is 0. The average molecular weight is 389 g/mol. The molecule has 0 amide bonds. The van der Waals surface area contributed by atoms with E-state index in [4.69, 9.17) is 0 Å². The van der Waals surface area contributed by atoms with Gasteiger partial charge in [0.1, 0.15) is 16.1 Å². The van der Waals surface area contributed by atoms with Gasteiger partial charge < -0.3 is 0 Å². The number of allylic oxidation sites excluding steroid dienone is 4. The highest BCUT2D eigenvalue weighted by molar-refractivity contribution is 6.90. The molecule has 0 spiro atoms. The first kappa shape index (κ1) is 21.5. The first-order valence-electron chi connectivity index (χ1n) is 9.00. The second-order valence-electron chi connectivity index (χ2n) is 11.0. The van der Waals surface area contributed by atoms with E-state index < -0.39 is 32.3 Å². The summed E-state index contributed by atoms with van der Waals surface area (Å²) in [5.74, 6) is 7.29. The summed E-state index contributed by atoms with van der Waals surface area (Å²) in [5.41, 5.74) is 10.0. The van der Waals surface area contributed by atoms with E-state index in [1.807, 2.05) is 0 Å². The molecule has 0 aromatic heterocycles. The van der Waals surface area contributed by atoms with E-state index in [2.05, 4.69) is 101 Å². The molecule has 0 saturated heterocycles. The van der Waals surface area contributed by atoms with Gasteiger partial charge in [-0.3, -0.25) is 0 Å². The van der Waals surface area contributed by atoms with E-state index in [0.717, 1.165) is 0 Å². The smallest absolute Gasteiger partial charge is 0.127 e. The van der Waals surface area contributed by atoms with Crippen molar-refractivity contribution in [1.29, 1.82) is 0 Å². The van der Waals surface area contributed by atoms with E-state index in [9.17, 15) is 0 Å². The van der Waals surface area contributed by atoms with Crippen molar-refractivity contribution in [2.75, 3.05) is 0 Å². The Morgan fingerprint density at radius 3 is 0.875 bits per heavy atom. The van der Waals surface area contributed by atoms with Crippen LogP contribution in [0.15, 0.2) is 21.5 Å². The number of hydrogen-bond acceptors (Lipinski definition) is 0. The van der Waals surface area contributed by atoms with Crippen LogP contribution >= 0.6 is 0 Å². The Kier molecular flexibility index (Phi) is 5.96. The molecule has 0 saturated carbocycles. The van der Waals surface area contributed by atoms with Crippen molar-refractivity contribution < 1.29 is 0 Å². The molecule has 0 N–H and O–H groups in total. The molecule has 1 rings (SSSR count). The molecular formula is C20H36Si4. The molecule has 0 aromatic rings. The van der Waals surface area contributed by atoms with Crippen molar-refractivity contribution in [3.63, 3.8) is 0 Å². The van der Waals surface area contributed by atoms with Crippen LogP contribution in [0, 0.1) is 22.9 Å². The number of hydrogen-bond donors (Lipinski definition) is 0. The third kappa shape index (κ3) is 5.77. The average Bonchev–Trinajstić information content (AvgIpc) is 2.18. The predicted molar refractivity (Wildman–Crippen MR) is 123 cm³/mol. The maximum Gasteiger partial charge on any atom is 0.129 e. The summed E-state index contributed by atoms with van der Waals surface area (Å²) in [4.78, 5) is 0. The molecule has 132 valence electrons. The van der Waals surface area contributed by atoms with E-state index in [0.29, 0.717) is 0 Å². The fourth-order valence-corrected chi connectivity index (χ4v) is 7.69. The van der Waals surface area contributed by atoms with Gasteiger partial charge in [-0.25, -0.2) is 0 Å². The molecule has 0 atom stereocenters. The van der Waals surface area contributed by atoms with Gasteiger partial charge in [-0.2, -0.15) is 0 Å². The summed E-state index contributed by atoms with van der Waals surface area (Å²) < 4.78 is 0. The van der Waals surface area contributed by atoms with Crippen LogP contribution in [0.2, 0.25) is 78.6 Å². The summed E-state index contributed by atoms with van der Waals surface area (Å²) >= 11 is 0. The molecule has 0 heterocycles. The molecule has 24 heavy (non-hydrogen) atoms. The Hall–Kier alpha value is -0.532. The minimum atomic E-state index is -1.44. The molecule has 4 heteroatoms. The zero-order chi connectivity index (χ0) is 19.1. The molecule has 0 radical (unpaired) electrons. The summed E-state index contributed by atoms with van der Waals surface area (Å²) in [6.07, 6.45) is 0. The lowest BCUT2D eigenvalue weighted by Gasteiger charge is -2.39. The zero-order valence-electron chi connectivity index (χ0n) is 18.0. The Bertz CT molecular complexity index is 626. The van der Waals surface area contributed by atoms with E-state index in [1.165, 1.54) is 11.1 Å². The minimum absolute atomic E-state index is 1.37. The Morgan fingerprint density at radius 1 is 0.458 bits per heavy atom. The van der Waals surface area contributed by atoms with Crippen LogP contribution in [-0.4, -0.2) is 32.3 Å².